The average Bonchev–Trinajstić information content (AvgIpc) is 2.29. The fourth-order valence-corrected chi connectivity index (χ4v) is 0.954. The van der Waals surface area contributed by atoms with Gasteiger partial charge in [-0.2, -0.15) is 18.3 Å². The third kappa shape index (κ3) is 1.48. The number of alkyl halides is 3. The molecule has 1 unspecified atom stereocenters. The summed E-state index contributed by atoms with van der Waals surface area (Å²) in [6.45, 7) is 2.97. The fourth-order valence-electron chi connectivity index (χ4n) is 0.732. The second-order valence-electron chi connectivity index (χ2n) is 2.00. The van der Waals surface area contributed by atoms with Crippen LogP contribution in [-0.4, -0.2) is 29.2 Å². The van der Waals surface area contributed by atoms with E-state index in [9.17, 15) is 13.2 Å². The lowest BCUT2D eigenvalue weighted by Crippen LogP contribution is -2.46. The molecule has 0 amide bonds. The van der Waals surface area contributed by atoms with Gasteiger partial charge in [0.25, 0.3) is 0 Å². The second-order valence-corrected chi connectivity index (χ2v) is 2.39. The lowest BCUT2D eigenvalue weighted by molar-refractivity contribution is -0.177. The van der Waals surface area contributed by atoms with Crippen LogP contribution >= 0.6 is 12.2 Å². The number of nitrogens with zero attached hydrogens (tertiary/aromatic N) is 2. The van der Waals surface area contributed by atoms with Crippen molar-refractivity contribution in [3.8, 4) is 0 Å². The van der Waals surface area contributed by atoms with Gasteiger partial charge in [0.1, 0.15) is 0 Å². The first-order chi connectivity index (χ1) is 5.46. The zero-order valence-electron chi connectivity index (χ0n) is 5.72. The van der Waals surface area contributed by atoms with E-state index in [1.165, 1.54) is 0 Å². The minimum Gasteiger partial charge on any atom is -0.294 e. The first-order valence-electron chi connectivity index (χ1n) is 2.85. The maximum Gasteiger partial charge on any atom is 0.425 e. The van der Waals surface area contributed by atoms with Crippen molar-refractivity contribution in [2.45, 2.75) is 12.3 Å². The van der Waals surface area contributed by atoms with Gasteiger partial charge in [0.05, 0.1) is 0 Å². The molecular formula is C4H5F3N4S. The van der Waals surface area contributed by atoms with Crippen LogP contribution in [0.2, 0.25) is 0 Å². The van der Waals surface area contributed by atoms with Gasteiger partial charge in [0, 0.05) is 6.72 Å². The molecule has 0 radical (unpaired) electrons. The van der Waals surface area contributed by atoms with Gasteiger partial charge >= 0.3 is 6.18 Å². The normalized spacial score (nSPS) is 24.1. The molecule has 0 bridgehead atoms. The van der Waals surface area contributed by atoms with Gasteiger partial charge in [0.2, 0.25) is 11.3 Å². The summed E-state index contributed by atoms with van der Waals surface area (Å²) in [7, 11) is 0. The van der Waals surface area contributed by atoms with Gasteiger partial charge in [-0.05, 0) is 12.2 Å². The van der Waals surface area contributed by atoms with E-state index >= 15 is 0 Å². The number of hydrazine groups is 1. The maximum absolute atomic E-state index is 12.1. The summed E-state index contributed by atoms with van der Waals surface area (Å²) in [6, 6.07) is 0. The van der Waals surface area contributed by atoms with Crippen LogP contribution in [0.15, 0.2) is 5.10 Å². The van der Waals surface area contributed by atoms with Crippen molar-refractivity contribution in [2.75, 3.05) is 0 Å². The number of hydrazone groups is 1. The number of hydrogen-bond donors (Lipinski definition) is 2. The number of thiocarbonyl (C=S) groups is 1. The Labute approximate surface area is 71.4 Å². The SMILES string of the molecule is C=NN1C(=S)NNC1C(F)(F)F. The molecule has 1 aliphatic heterocycles. The molecule has 0 saturated carbocycles. The minimum absolute atomic E-state index is 0.146. The third-order valence-corrected chi connectivity index (χ3v) is 1.52. The van der Waals surface area contributed by atoms with E-state index < -0.39 is 12.3 Å². The molecule has 0 aliphatic carbocycles. The van der Waals surface area contributed by atoms with Crippen LogP contribution in [0, 0.1) is 0 Å². The Morgan fingerprint density at radius 3 is 2.50 bits per heavy atom. The molecule has 68 valence electrons. The summed E-state index contributed by atoms with van der Waals surface area (Å²) in [5.74, 6) is 0. The Bertz CT molecular complexity index is 215. The number of halogens is 3. The Hall–Kier alpha value is -0.890. The van der Waals surface area contributed by atoms with Crippen molar-refractivity contribution in [1.82, 2.24) is 15.9 Å². The lowest BCUT2D eigenvalue weighted by atomic mass is 10.5. The van der Waals surface area contributed by atoms with Crippen molar-refractivity contribution in [2.24, 2.45) is 5.10 Å². The molecule has 8 heteroatoms. The van der Waals surface area contributed by atoms with E-state index in [1.807, 2.05) is 5.43 Å². The summed E-state index contributed by atoms with van der Waals surface area (Å²) < 4.78 is 36.2. The van der Waals surface area contributed by atoms with Crippen molar-refractivity contribution >= 4 is 24.0 Å². The van der Waals surface area contributed by atoms with Gasteiger partial charge < -0.3 is 0 Å². The Morgan fingerprint density at radius 1 is 1.58 bits per heavy atom. The van der Waals surface area contributed by atoms with Crippen LogP contribution < -0.4 is 10.9 Å². The highest BCUT2D eigenvalue weighted by atomic mass is 32.1. The first kappa shape index (κ1) is 9.20. The van der Waals surface area contributed by atoms with Crippen molar-refractivity contribution < 1.29 is 13.2 Å². The largest absolute Gasteiger partial charge is 0.425 e. The summed E-state index contributed by atoms with van der Waals surface area (Å²) in [5.41, 5.74) is 4.05. The first-order valence-corrected chi connectivity index (χ1v) is 3.25. The zero-order valence-corrected chi connectivity index (χ0v) is 6.54. The summed E-state index contributed by atoms with van der Waals surface area (Å²) in [5, 5.41) is 3.52. The van der Waals surface area contributed by atoms with E-state index in [2.05, 4.69) is 29.5 Å². The molecular weight excluding hydrogens is 193 g/mol. The highest BCUT2D eigenvalue weighted by Gasteiger charge is 2.48. The predicted octanol–water partition coefficient (Wildman–Crippen LogP) is 0.185. The Kier molecular flexibility index (Phi) is 2.20. The van der Waals surface area contributed by atoms with E-state index in [1.54, 1.807) is 0 Å². The van der Waals surface area contributed by atoms with E-state index in [0.29, 0.717) is 5.01 Å². The number of hydrogen-bond acceptors (Lipinski definition) is 3. The third-order valence-electron chi connectivity index (χ3n) is 1.23. The lowest BCUT2D eigenvalue weighted by Gasteiger charge is -2.20. The predicted molar refractivity (Wildman–Crippen MR) is 40.1 cm³/mol. The zero-order chi connectivity index (χ0) is 9.35. The topological polar surface area (TPSA) is 39.7 Å². The standard InChI is InChI=1S/C4H5F3N4S/c1-8-11-2(4(5,6)7)9-10-3(11)12/h2,9H,1H2,(H,10,12). The monoisotopic (exact) mass is 198 g/mol. The van der Waals surface area contributed by atoms with Gasteiger partial charge in [-0.1, -0.05) is 0 Å². The molecule has 0 aromatic heterocycles. The summed E-state index contributed by atoms with van der Waals surface area (Å²) in [4.78, 5) is 0. The quantitative estimate of drug-likeness (QED) is 0.466. The smallest absolute Gasteiger partial charge is 0.294 e. The van der Waals surface area contributed by atoms with Gasteiger partial charge in [-0.15, -0.1) is 0 Å². The van der Waals surface area contributed by atoms with Crippen LogP contribution in [0.3, 0.4) is 0 Å². The molecule has 1 saturated heterocycles. The highest BCUT2D eigenvalue weighted by molar-refractivity contribution is 7.80. The molecule has 1 rings (SSSR count). The number of rotatable bonds is 1. The molecule has 1 aliphatic rings. The highest BCUT2D eigenvalue weighted by Crippen LogP contribution is 2.24. The summed E-state index contributed by atoms with van der Waals surface area (Å²) >= 11 is 4.50. The van der Waals surface area contributed by atoms with Gasteiger partial charge in [-0.3, -0.25) is 5.43 Å². The van der Waals surface area contributed by atoms with Crippen LogP contribution in [0.4, 0.5) is 13.2 Å². The second kappa shape index (κ2) is 2.87. The molecule has 1 heterocycles. The molecule has 2 N–H and O–H groups in total. The van der Waals surface area contributed by atoms with Crippen LogP contribution in [0.5, 0.6) is 0 Å². The molecule has 12 heavy (non-hydrogen) atoms. The van der Waals surface area contributed by atoms with Crippen molar-refractivity contribution in [3.63, 3.8) is 0 Å². The Morgan fingerprint density at radius 2 is 2.17 bits per heavy atom. The number of nitrogens with one attached hydrogen (secondary N) is 2. The molecule has 0 aromatic carbocycles. The molecule has 0 spiro atoms. The van der Waals surface area contributed by atoms with Crippen molar-refractivity contribution in [3.05, 3.63) is 0 Å². The van der Waals surface area contributed by atoms with Crippen LogP contribution in [-0.2, 0) is 0 Å². The van der Waals surface area contributed by atoms with Crippen LogP contribution in [0.1, 0.15) is 0 Å². The molecule has 1 atom stereocenters. The van der Waals surface area contributed by atoms with Gasteiger partial charge in [-0.25, -0.2) is 10.4 Å². The average molecular weight is 198 g/mol. The summed E-state index contributed by atoms with van der Waals surface area (Å²) in [6.07, 6.45) is -6.36. The van der Waals surface area contributed by atoms with E-state index in [4.69, 9.17) is 0 Å². The Balaban J connectivity index is 2.80. The maximum atomic E-state index is 12.1. The minimum atomic E-state index is -4.44. The van der Waals surface area contributed by atoms with Crippen LogP contribution in [0.25, 0.3) is 0 Å². The van der Waals surface area contributed by atoms with Gasteiger partial charge in [0.15, 0.2) is 0 Å². The molecule has 0 aromatic rings. The molecule has 4 nitrogen and oxygen atoms in total. The fraction of sp³-hybridized carbons (Fsp3) is 0.500. The van der Waals surface area contributed by atoms with Crippen molar-refractivity contribution in [1.29, 1.82) is 0 Å². The van der Waals surface area contributed by atoms with E-state index in [0.717, 1.165) is 0 Å². The van der Waals surface area contributed by atoms with E-state index in [-0.39, 0.29) is 5.11 Å². The molecule has 1 fully saturated rings.